The maximum atomic E-state index is 11.1. The Hall–Kier alpha value is -1.84. The highest BCUT2D eigenvalue weighted by molar-refractivity contribution is 5.31. The first-order valence-corrected chi connectivity index (χ1v) is 9.28. The van der Waals surface area contributed by atoms with Gasteiger partial charge in [0.2, 0.25) is 0 Å². The zero-order valence-corrected chi connectivity index (χ0v) is 15.7. The topological polar surface area (TPSA) is 32.7 Å². The zero-order chi connectivity index (χ0) is 18.1. The summed E-state index contributed by atoms with van der Waals surface area (Å²) in [6.45, 7) is 7.40. The van der Waals surface area contributed by atoms with Crippen molar-refractivity contribution in [3.63, 3.8) is 0 Å². The van der Waals surface area contributed by atoms with E-state index in [0.717, 1.165) is 43.8 Å². The molecule has 3 nitrogen and oxygen atoms in total. The minimum absolute atomic E-state index is 0.0488. The van der Waals surface area contributed by atoms with E-state index in [0.29, 0.717) is 0 Å². The van der Waals surface area contributed by atoms with E-state index >= 15 is 0 Å². The fraction of sp³-hybridized carbons (Fsp3) is 0.455. The Bertz CT molecular complexity index is 591. The van der Waals surface area contributed by atoms with Crippen molar-refractivity contribution in [3.05, 3.63) is 65.7 Å². The van der Waals surface area contributed by atoms with Crippen LogP contribution in [0.25, 0.3) is 0 Å². The van der Waals surface area contributed by atoms with Crippen LogP contribution in [0.4, 0.5) is 0 Å². The predicted molar refractivity (Wildman–Crippen MR) is 104 cm³/mol. The molecule has 2 rings (SSSR count). The van der Waals surface area contributed by atoms with E-state index in [1.165, 1.54) is 5.56 Å². The number of methoxy groups -OCH3 is 1. The fourth-order valence-electron chi connectivity index (χ4n) is 3.33. The molecule has 0 aliphatic carbocycles. The van der Waals surface area contributed by atoms with Gasteiger partial charge in [-0.2, -0.15) is 0 Å². The summed E-state index contributed by atoms with van der Waals surface area (Å²) in [6.07, 6.45) is 1.71. The van der Waals surface area contributed by atoms with Gasteiger partial charge in [-0.1, -0.05) is 56.3 Å². The van der Waals surface area contributed by atoms with E-state index in [2.05, 4.69) is 30.9 Å². The largest absolute Gasteiger partial charge is 0.497 e. The predicted octanol–water partition coefficient (Wildman–Crippen LogP) is 4.63. The van der Waals surface area contributed by atoms with Gasteiger partial charge in [0.05, 0.1) is 13.2 Å². The Morgan fingerprint density at radius 2 is 1.48 bits per heavy atom. The quantitative estimate of drug-likeness (QED) is 0.683. The molecule has 2 aromatic carbocycles. The Balaban J connectivity index is 2.26. The van der Waals surface area contributed by atoms with Crippen molar-refractivity contribution in [1.29, 1.82) is 0 Å². The van der Waals surface area contributed by atoms with Crippen LogP contribution in [-0.4, -0.2) is 36.8 Å². The molecule has 3 heteroatoms. The lowest BCUT2D eigenvalue weighted by Crippen LogP contribution is -2.32. The van der Waals surface area contributed by atoms with Crippen molar-refractivity contribution in [3.8, 4) is 5.75 Å². The Morgan fingerprint density at radius 3 is 2.00 bits per heavy atom. The highest BCUT2D eigenvalue weighted by atomic mass is 16.5. The molecule has 2 aromatic rings. The molecule has 0 aliphatic heterocycles. The van der Waals surface area contributed by atoms with E-state index in [9.17, 15) is 5.11 Å². The van der Waals surface area contributed by atoms with Crippen molar-refractivity contribution < 1.29 is 9.84 Å². The van der Waals surface area contributed by atoms with Gasteiger partial charge in [-0.25, -0.2) is 0 Å². The molecule has 0 heterocycles. The van der Waals surface area contributed by atoms with Gasteiger partial charge in [0.15, 0.2) is 0 Å². The van der Waals surface area contributed by atoms with E-state index in [1.807, 2.05) is 42.5 Å². The molecule has 2 atom stereocenters. The maximum Gasteiger partial charge on any atom is 0.118 e. The van der Waals surface area contributed by atoms with Crippen LogP contribution in [0.3, 0.4) is 0 Å². The van der Waals surface area contributed by atoms with Gasteiger partial charge >= 0.3 is 0 Å². The van der Waals surface area contributed by atoms with Gasteiger partial charge in [0.1, 0.15) is 5.75 Å². The number of nitrogens with zero attached hydrogens (tertiary/aromatic N) is 1. The summed E-state index contributed by atoms with van der Waals surface area (Å²) in [5.41, 5.74) is 2.12. The van der Waals surface area contributed by atoms with Crippen LogP contribution in [0.5, 0.6) is 5.75 Å². The first-order valence-electron chi connectivity index (χ1n) is 9.28. The van der Waals surface area contributed by atoms with Crippen molar-refractivity contribution in [2.24, 2.45) is 0 Å². The number of rotatable bonds is 10. The number of ether oxygens (including phenoxy) is 1. The second-order valence-electron chi connectivity index (χ2n) is 6.54. The number of aliphatic hydroxyl groups excluding tert-OH is 1. The summed E-state index contributed by atoms with van der Waals surface area (Å²) < 4.78 is 5.23. The highest BCUT2D eigenvalue weighted by Gasteiger charge is 2.25. The molecule has 0 spiro atoms. The molecule has 1 N–H and O–H groups in total. The smallest absolute Gasteiger partial charge is 0.118 e. The van der Waals surface area contributed by atoms with Gasteiger partial charge in [0, 0.05) is 12.5 Å². The summed E-state index contributed by atoms with van der Waals surface area (Å²) in [6, 6.07) is 18.1. The number of hydrogen-bond acceptors (Lipinski definition) is 3. The van der Waals surface area contributed by atoms with Crippen LogP contribution in [0.2, 0.25) is 0 Å². The summed E-state index contributed by atoms with van der Waals surface area (Å²) in [7, 11) is 1.66. The third-order valence-corrected chi connectivity index (χ3v) is 4.60. The average Bonchev–Trinajstić information content (AvgIpc) is 2.66. The molecule has 0 bridgehead atoms. The van der Waals surface area contributed by atoms with Crippen LogP contribution >= 0.6 is 0 Å². The molecule has 25 heavy (non-hydrogen) atoms. The molecule has 0 saturated heterocycles. The first-order chi connectivity index (χ1) is 12.2. The summed E-state index contributed by atoms with van der Waals surface area (Å²) in [5, 5.41) is 11.1. The van der Waals surface area contributed by atoms with Gasteiger partial charge in [0.25, 0.3) is 0 Å². The Morgan fingerprint density at radius 1 is 0.880 bits per heavy atom. The second-order valence-corrected chi connectivity index (χ2v) is 6.54. The monoisotopic (exact) mass is 341 g/mol. The molecule has 0 fully saturated rings. The van der Waals surface area contributed by atoms with Crippen molar-refractivity contribution >= 4 is 0 Å². The minimum Gasteiger partial charge on any atom is -0.497 e. The van der Waals surface area contributed by atoms with Crippen LogP contribution in [0, 0.1) is 0 Å². The molecule has 0 amide bonds. The van der Waals surface area contributed by atoms with Crippen LogP contribution < -0.4 is 4.74 Å². The SMILES string of the molecule is CCCN(CCC)C[C@@H](c1ccccc1)[C@H](O)c1ccc(OC)cc1. The third kappa shape index (κ3) is 5.58. The standard InChI is InChI=1S/C22H31NO2/c1-4-15-23(16-5-2)17-21(18-9-7-6-8-10-18)22(24)19-11-13-20(25-3)14-12-19/h6-14,21-22,24H,4-5,15-17H2,1-3H3/t21-,22+/m0/s1. The van der Waals surface area contributed by atoms with E-state index in [4.69, 9.17) is 4.74 Å². The first kappa shape index (κ1) is 19.5. The molecular weight excluding hydrogens is 310 g/mol. The Labute approximate surface area is 152 Å². The number of aliphatic hydroxyl groups is 1. The lowest BCUT2D eigenvalue weighted by molar-refractivity contribution is 0.116. The molecular formula is C22H31NO2. The van der Waals surface area contributed by atoms with Gasteiger partial charge in [-0.15, -0.1) is 0 Å². The summed E-state index contributed by atoms with van der Waals surface area (Å²) >= 11 is 0. The van der Waals surface area contributed by atoms with Crippen molar-refractivity contribution in [2.75, 3.05) is 26.7 Å². The maximum absolute atomic E-state index is 11.1. The normalized spacial score (nSPS) is 13.6. The van der Waals surface area contributed by atoms with Crippen molar-refractivity contribution in [2.45, 2.75) is 38.7 Å². The molecule has 0 aromatic heterocycles. The van der Waals surface area contributed by atoms with Crippen LogP contribution in [0.1, 0.15) is 49.8 Å². The lowest BCUT2D eigenvalue weighted by atomic mass is 9.88. The lowest BCUT2D eigenvalue weighted by Gasteiger charge is -2.30. The van der Waals surface area contributed by atoms with Gasteiger partial charge in [-0.05, 0) is 49.2 Å². The molecule has 136 valence electrons. The number of hydrogen-bond donors (Lipinski definition) is 1. The van der Waals surface area contributed by atoms with Crippen LogP contribution in [0.15, 0.2) is 54.6 Å². The van der Waals surface area contributed by atoms with E-state index in [-0.39, 0.29) is 5.92 Å². The van der Waals surface area contributed by atoms with Crippen LogP contribution in [-0.2, 0) is 0 Å². The fourth-order valence-corrected chi connectivity index (χ4v) is 3.33. The van der Waals surface area contributed by atoms with Crippen molar-refractivity contribution in [1.82, 2.24) is 4.90 Å². The average molecular weight is 341 g/mol. The Kier molecular flexibility index (Phi) is 7.96. The molecule has 0 radical (unpaired) electrons. The zero-order valence-electron chi connectivity index (χ0n) is 15.7. The summed E-state index contributed by atoms with van der Waals surface area (Å²) in [5.74, 6) is 0.860. The summed E-state index contributed by atoms with van der Waals surface area (Å²) in [4.78, 5) is 2.46. The number of benzene rings is 2. The molecule has 0 saturated carbocycles. The molecule has 0 aliphatic rings. The molecule has 0 unspecified atom stereocenters. The third-order valence-electron chi connectivity index (χ3n) is 4.60. The van der Waals surface area contributed by atoms with Gasteiger partial charge < -0.3 is 14.7 Å². The highest BCUT2D eigenvalue weighted by Crippen LogP contribution is 2.32. The minimum atomic E-state index is -0.537. The van der Waals surface area contributed by atoms with E-state index in [1.54, 1.807) is 7.11 Å². The second kappa shape index (κ2) is 10.2. The van der Waals surface area contributed by atoms with Gasteiger partial charge in [-0.3, -0.25) is 0 Å². The van der Waals surface area contributed by atoms with E-state index < -0.39 is 6.10 Å².